The number of methoxy groups -OCH3 is 2. The molecule has 0 aliphatic rings. The molecule has 0 saturated carbocycles. The van der Waals surface area contributed by atoms with E-state index in [9.17, 15) is 9.59 Å². The first-order valence-corrected chi connectivity index (χ1v) is 9.78. The van der Waals surface area contributed by atoms with Crippen LogP contribution in [0.5, 0.6) is 11.5 Å². The lowest BCUT2D eigenvalue weighted by molar-refractivity contribution is -0.148. The van der Waals surface area contributed by atoms with Gasteiger partial charge in [0.15, 0.2) is 5.78 Å². The summed E-state index contributed by atoms with van der Waals surface area (Å²) in [6.45, 7) is 2.15. The van der Waals surface area contributed by atoms with Crippen molar-refractivity contribution in [3.63, 3.8) is 0 Å². The Morgan fingerprint density at radius 2 is 1.52 bits per heavy atom. The van der Waals surface area contributed by atoms with Gasteiger partial charge >= 0.3 is 15.1 Å². The highest BCUT2D eigenvalue weighted by Gasteiger charge is 2.32. The zero-order valence-corrected chi connectivity index (χ0v) is 18.2. The molecule has 0 fully saturated rings. The van der Waals surface area contributed by atoms with E-state index in [4.69, 9.17) is 18.8 Å². The predicted octanol–water partition coefficient (Wildman–Crippen LogP) is 4.64. The van der Waals surface area contributed by atoms with Gasteiger partial charge in [-0.15, -0.1) is 0 Å². The van der Waals surface area contributed by atoms with Gasteiger partial charge in [-0.3, -0.25) is 9.59 Å². The van der Waals surface area contributed by atoms with Crippen LogP contribution in [0.15, 0.2) is 48.5 Å². The van der Waals surface area contributed by atoms with Crippen molar-refractivity contribution in [1.29, 1.82) is 0 Å². The van der Waals surface area contributed by atoms with Crippen molar-refractivity contribution in [2.75, 3.05) is 14.2 Å². The summed E-state index contributed by atoms with van der Waals surface area (Å²) in [5, 5.41) is 0. The van der Waals surface area contributed by atoms with Gasteiger partial charge in [-0.25, -0.2) is 0 Å². The van der Waals surface area contributed by atoms with E-state index in [2.05, 4.69) is 0 Å². The van der Waals surface area contributed by atoms with E-state index in [1.54, 1.807) is 18.2 Å². The van der Waals surface area contributed by atoms with Gasteiger partial charge in [-0.1, -0.05) is 60.7 Å². The van der Waals surface area contributed by atoms with Crippen LogP contribution in [0.25, 0.3) is 0 Å². The molecule has 2 aromatic carbocycles. The first kappa shape index (κ1) is 24.3. The molecule has 0 spiro atoms. The minimum Gasteiger partial charge on any atom is -0.496 e. The minimum atomic E-state index is -0.890. The second-order valence-corrected chi connectivity index (χ2v) is 6.19. The molecule has 2 unspecified atom stereocenters. The molecule has 0 radical (unpaired) electrons. The summed E-state index contributed by atoms with van der Waals surface area (Å²) >= 11 is 0. The van der Waals surface area contributed by atoms with Gasteiger partial charge in [0.2, 0.25) is 0 Å². The third-order valence-corrected chi connectivity index (χ3v) is 4.35. The maximum Gasteiger partial charge on any atom is 0.317 e. The maximum absolute atomic E-state index is 13.2. The highest BCUT2D eigenvalue weighted by molar-refractivity contribution is 7.00. The first-order chi connectivity index (χ1) is 14.1. The summed E-state index contributed by atoms with van der Waals surface area (Å²) in [5.41, 5.74) is 1.16. The highest BCUT2D eigenvalue weighted by atomic mass is 31.0. The van der Waals surface area contributed by atoms with Gasteiger partial charge in [-0.2, -0.15) is 0 Å². The SMILES string of the molecule is CCCCC(C(=O)OCc1ccccc1)C(=O)c1c(OC)cccc1OC.O=[PH2+]. The molecule has 0 amide bonds. The van der Waals surface area contributed by atoms with Crippen LogP contribution in [0.3, 0.4) is 0 Å². The van der Waals surface area contributed by atoms with Crippen LogP contribution in [-0.4, -0.2) is 26.0 Å². The van der Waals surface area contributed by atoms with Gasteiger partial charge in [-0.05, 0) is 24.1 Å². The van der Waals surface area contributed by atoms with Crippen LogP contribution in [0, 0.1) is 5.92 Å². The number of carbonyl (C=O) groups is 2. The molecule has 6 nitrogen and oxygen atoms in total. The van der Waals surface area contributed by atoms with Gasteiger partial charge in [0.1, 0.15) is 29.6 Å². The van der Waals surface area contributed by atoms with Crippen LogP contribution >= 0.6 is 9.12 Å². The van der Waals surface area contributed by atoms with Crippen molar-refractivity contribution in [3.8, 4) is 11.5 Å². The van der Waals surface area contributed by atoms with E-state index in [0.717, 1.165) is 18.4 Å². The smallest absolute Gasteiger partial charge is 0.317 e. The Bertz CT molecular complexity index is 756. The predicted molar refractivity (Wildman–Crippen MR) is 114 cm³/mol. The molecule has 2 atom stereocenters. The lowest BCUT2D eigenvalue weighted by Gasteiger charge is -2.18. The number of ketones is 1. The van der Waals surface area contributed by atoms with Crippen molar-refractivity contribution in [3.05, 3.63) is 59.7 Å². The fraction of sp³-hybridized carbons (Fsp3) is 0.364. The summed E-state index contributed by atoms with van der Waals surface area (Å²) in [5.74, 6) is -0.978. The molecule has 156 valence electrons. The molecule has 0 aliphatic carbocycles. The van der Waals surface area contributed by atoms with Crippen molar-refractivity contribution < 1.29 is 28.4 Å². The van der Waals surface area contributed by atoms with Crippen LogP contribution in [-0.2, 0) is 20.7 Å². The summed E-state index contributed by atoms with van der Waals surface area (Å²) in [7, 11) is 4.14. The summed E-state index contributed by atoms with van der Waals surface area (Å²) < 4.78 is 24.2. The van der Waals surface area contributed by atoms with E-state index in [0.29, 0.717) is 17.9 Å². The fourth-order valence-corrected chi connectivity index (χ4v) is 2.86. The highest BCUT2D eigenvalue weighted by Crippen LogP contribution is 2.32. The van der Waals surface area contributed by atoms with E-state index >= 15 is 0 Å². The average molecular weight is 419 g/mol. The fourth-order valence-electron chi connectivity index (χ4n) is 2.86. The van der Waals surface area contributed by atoms with Crippen LogP contribution in [0.1, 0.15) is 42.1 Å². The van der Waals surface area contributed by atoms with Gasteiger partial charge in [0, 0.05) is 0 Å². The second kappa shape index (κ2) is 13.5. The molecule has 0 bridgehead atoms. The normalized spacial score (nSPS) is 10.9. The Labute approximate surface area is 173 Å². The molecule has 2 rings (SSSR count). The van der Waals surface area contributed by atoms with Crippen LogP contribution < -0.4 is 9.47 Å². The third-order valence-electron chi connectivity index (χ3n) is 4.35. The molecule has 0 N–H and O–H groups in total. The van der Waals surface area contributed by atoms with E-state index in [1.165, 1.54) is 23.3 Å². The largest absolute Gasteiger partial charge is 0.496 e. The van der Waals surface area contributed by atoms with Gasteiger partial charge in [0.05, 0.1) is 14.2 Å². The molecular weight excluding hydrogens is 391 g/mol. The molecule has 29 heavy (non-hydrogen) atoms. The van der Waals surface area contributed by atoms with Crippen molar-refractivity contribution >= 4 is 20.9 Å². The molecule has 0 aromatic heterocycles. The molecule has 0 heterocycles. The summed E-state index contributed by atoms with van der Waals surface area (Å²) in [6.07, 6.45) is 2.04. The van der Waals surface area contributed by atoms with Crippen molar-refractivity contribution in [1.82, 2.24) is 0 Å². The summed E-state index contributed by atoms with van der Waals surface area (Å²) in [4.78, 5) is 25.9. The van der Waals surface area contributed by atoms with Crippen LogP contribution in [0.2, 0.25) is 0 Å². The standard InChI is InChI=1S/C22H26O5.H2OP/c1-4-5-12-17(22(24)27-15-16-10-7-6-8-11-16)21(23)20-18(25-2)13-9-14-19(20)26-3;1-2/h6-11,13-14,17H,4-5,12,15H2,1-3H3;2H2/q;+1. The number of ether oxygens (including phenoxy) is 3. The van der Waals surface area contributed by atoms with E-state index < -0.39 is 11.9 Å². The number of hydrogen-bond donors (Lipinski definition) is 0. The van der Waals surface area contributed by atoms with E-state index in [-0.39, 0.29) is 18.0 Å². The molecule has 7 heteroatoms. The van der Waals surface area contributed by atoms with Crippen molar-refractivity contribution in [2.45, 2.75) is 32.8 Å². The second-order valence-electron chi connectivity index (χ2n) is 6.19. The lowest BCUT2D eigenvalue weighted by Crippen LogP contribution is -2.27. The Hall–Kier alpha value is -2.72. The summed E-state index contributed by atoms with van der Waals surface area (Å²) in [6, 6.07) is 14.5. The monoisotopic (exact) mass is 419 g/mol. The number of benzene rings is 2. The Kier molecular flexibility index (Phi) is 11.3. The Morgan fingerprint density at radius 1 is 0.931 bits per heavy atom. The average Bonchev–Trinajstić information content (AvgIpc) is 2.79. The zero-order chi connectivity index (χ0) is 21.6. The van der Waals surface area contributed by atoms with E-state index in [1.807, 2.05) is 37.3 Å². The molecule has 0 saturated heterocycles. The number of carbonyl (C=O) groups excluding carboxylic acids is 2. The number of esters is 1. The van der Waals surface area contributed by atoms with Crippen LogP contribution in [0.4, 0.5) is 0 Å². The topological polar surface area (TPSA) is 78.9 Å². The van der Waals surface area contributed by atoms with Gasteiger partial charge < -0.3 is 14.2 Å². The van der Waals surface area contributed by atoms with Crippen molar-refractivity contribution in [2.24, 2.45) is 5.92 Å². The number of Topliss-reactive ketones (excluding diaryl/α,β-unsaturated/α-hetero) is 1. The molecule has 2 aromatic rings. The van der Waals surface area contributed by atoms with Gasteiger partial charge in [0.25, 0.3) is 0 Å². The Balaban J connectivity index is 0.00000204. The maximum atomic E-state index is 13.2. The number of rotatable bonds is 10. The number of unbranched alkanes of at least 4 members (excludes halogenated alkanes) is 1. The minimum absolute atomic E-state index is 0.138. The first-order valence-electron chi connectivity index (χ1n) is 9.31. The lowest BCUT2D eigenvalue weighted by atomic mass is 9.91. The molecule has 0 aliphatic heterocycles. The quantitative estimate of drug-likeness (QED) is 0.242. The third kappa shape index (κ3) is 6.99. The zero-order valence-electron chi connectivity index (χ0n) is 17.1. The Morgan fingerprint density at radius 3 is 2.03 bits per heavy atom. The number of hydrogen-bond acceptors (Lipinski definition) is 6. The molecular formula is C22H28O6P+.